The Bertz CT molecular complexity index is 529. The summed E-state index contributed by atoms with van der Waals surface area (Å²) in [4.78, 5) is 16.6. The predicted octanol–water partition coefficient (Wildman–Crippen LogP) is 2.74. The maximum atomic E-state index is 11.7. The molecule has 2 rings (SSSR count). The van der Waals surface area contributed by atoms with Gasteiger partial charge in [-0.2, -0.15) is 0 Å². The van der Waals surface area contributed by atoms with Crippen molar-refractivity contribution in [3.05, 3.63) is 53.0 Å². The summed E-state index contributed by atoms with van der Waals surface area (Å²) in [7, 11) is 0. The van der Waals surface area contributed by atoms with E-state index in [-0.39, 0.29) is 5.91 Å². The van der Waals surface area contributed by atoms with Crippen molar-refractivity contribution in [2.75, 3.05) is 6.54 Å². The molecule has 0 spiro atoms. The van der Waals surface area contributed by atoms with Crippen LogP contribution in [0, 0.1) is 6.92 Å². The van der Waals surface area contributed by atoms with Crippen LogP contribution in [0.3, 0.4) is 0 Å². The van der Waals surface area contributed by atoms with Gasteiger partial charge in [0.2, 0.25) is 0 Å². The summed E-state index contributed by atoms with van der Waals surface area (Å²) in [5, 5.41) is 3.37. The van der Waals surface area contributed by atoms with E-state index in [1.807, 2.05) is 37.3 Å². The van der Waals surface area contributed by atoms with Crippen molar-refractivity contribution in [2.45, 2.75) is 6.92 Å². The minimum Gasteiger partial charge on any atom is -0.301 e. The van der Waals surface area contributed by atoms with Gasteiger partial charge in [-0.15, -0.1) is 6.58 Å². The highest BCUT2D eigenvalue weighted by atomic mass is 32.2. The Labute approximate surface area is 111 Å². The standard InChI is InChI=1S/C14H14N2OS/c1-3-8-15-14-16-13(17)12(18-14)9-11-6-4-10(2)5-7-11/h3-7,9H,1,8H2,2H3,(H,15,16,17)/b12-9-. The van der Waals surface area contributed by atoms with Gasteiger partial charge in [0.1, 0.15) is 0 Å². The van der Waals surface area contributed by atoms with Crippen molar-refractivity contribution in [1.82, 2.24) is 5.32 Å². The van der Waals surface area contributed by atoms with E-state index in [1.165, 1.54) is 17.3 Å². The molecule has 1 fully saturated rings. The number of carbonyl (C=O) groups excluding carboxylic acids is 1. The van der Waals surface area contributed by atoms with Crippen molar-refractivity contribution in [3.63, 3.8) is 0 Å². The second kappa shape index (κ2) is 5.69. The molecule has 0 atom stereocenters. The molecule has 18 heavy (non-hydrogen) atoms. The molecule has 3 nitrogen and oxygen atoms in total. The maximum Gasteiger partial charge on any atom is 0.264 e. The quantitative estimate of drug-likeness (QED) is 0.669. The molecule has 1 saturated heterocycles. The molecule has 1 aliphatic heterocycles. The van der Waals surface area contributed by atoms with Crippen molar-refractivity contribution < 1.29 is 4.79 Å². The molecule has 0 aliphatic carbocycles. The number of thioether (sulfide) groups is 1. The first-order chi connectivity index (χ1) is 8.69. The molecule has 1 heterocycles. The number of nitrogens with zero attached hydrogens (tertiary/aromatic N) is 1. The first-order valence-corrected chi connectivity index (χ1v) is 6.43. The molecule has 0 bridgehead atoms. The van der Waals surface area contributed by atoms with Gasteiger partial charge < -0.3 is 5.32 Å². The Morgan fingerprint density at radius 1 is 1.39 bits per heavy atom. The third-order valence-electron chi connectivity index (χ3n) is 2.39. The number of aliphatic imine (C=N–C) groups is 1. The van der Waals surface area contributed by atoms with Crippen molar-refractivity contribution in [1.29, 1.82) is 0 Å². The summed E-state index contributed by atoms with van der Waals surface area (Å²) in [5.74, 6) is -0.0941. The molecule has 1 amide bonds. The summed E-state index contributed by atoms with van der Waals surface area (Å²) in [5.41, 5.74) is 2.22. The molecule has 0 radical (unpaired) electrons. The Morgan fingerprint density at radius 3 is 2.78 bits per heavy atom. The molecule has 0 unspecified atom stereocenters. The second-order valence-electron chi connectivity index (χ2n) is 3.91. The largest absolute Gasteiger partial charge is 0.301 e. The number of aryl methyl sites for hydroxylation is 1. The molecule has 1 N–H and O–H groups in total. The van der Waals surface area contributed by atoms with E-state index in [1.54, 1.807) is 6.08 Å². The molecule has 1 aromatic carbocycles. The highest BCUT2D eigenvalue weighted by Gasteiger charge is 2.23. The predicted molar refractivity (Wildman–Crippen MR) is 77.4 cm³/mol. The molecule has 92 valence electrons. The monoisotopic (exact) mass is 258 g/mol. The smallest absolute Gasteiger partial charge is 0.264 e. The number of amides is 1. The molecule has 0 aromatic heterocycles. The van der Waals surface area contributed by atoms with Gasteiger partial charge in [-0.3, -0.25) is 9.79 Å². The van der Waals surface area contributed by atoms with E-state index >= 15 is 0 Å². The number of hydrogen-bond acceptors (Lipinski definition) is 3. The van der Waals surface area contributed by atoms with E-state index in [9.17, 15) is 4.79 Å². The van der Waals surface area contributed by atoms with Crippen LogP contribution in [0.4, 0.5) is 0 Å². The summed E-state index contributed by atoms with van der Waals surface area (Å²) in [6, 6.07) is 8.04. The van der Waals surface area contributed by atoms with Crippen LogP contribution >= 0.6 is 11.8 Å². The fourth-order valence-electron chi connectivity index (χ4n) is 1.46. The highest BCUT2D eigenvalue weighted by Crippen LogP contribution is 2.25. The van der Waals surface area contributed by atoms with Gasteiger partial charge >= 0.3 is 0 Å². The van der Waals surface area contributed by atoms with Crippen molar-refractivity contribution >= 4 is 28.9 Å². The maximum absolute atomic E-state index is 11.7. The summed E-state index contributed by atoms with van der Waals surface area (Å²) in [6.07, 6.45) is 3.57. The molecule has 1 aliphatic rings. The Kier molecular flexibility index (Phi) is 3.99. The van der Waals surface area contributed by atoms with Gasteiger partial charge in [-0.05, 0) is 30.3 Å². The van der Waals surface area contributed by atoms with Crippen LogP contribution in [0.5, 0.6) is 0 Å². The topological polar surface area (TPSA) is 41.5 Å². The first kappa shape index (κ1) is 12.6. The molecule has 1 aromatic rings. The summed E-state index contributed by atoms with van der Waals surface area (Å²) < 4.78 is 0. The van der Waals surface area contributed by atoms with Gasteiger partial charge in [0.15, 0.2) is 5.17 Å². The number of hydrogen-bond donors (Lipinski definition) is 1. The zero-order valence-corrected chi connectivity index (χ0v) is 11.0. The van der Waals surface area contributed by atoms with Crippen LogP contribution in [0.25, 0.3) is 6.08 Å². The molecular formula is C14H14N2OS. The Hall–Kier alpha value is -1.81. The van der Waals surface area contributed by atoms with Crippen LogP contribution in [-0.4, -0.2) is 17.6 Å². The lowest BCUT2D eigenvalue weighted by Crippen LogP contribution is -2.19. The van der Waals surface area contributed by atoms with Gasteiger partial charge in [0, 0.05) is 0 Å². The number of benzene rings is 1. The average Bonchev–Trinajstić information content (AvgIpc) is 2.70. The molecule has 4 heteroatoms. The fraction of sp³-hybridized carbons (Fsp3) is 0.143. The average molecular weight is 258 g/mol. The van der Waals surface area contributed by atoms with Crippen molar-refractivity contribution in [2.24, 2.45) is 4.99 Å². The fourth-order valence-corrected chi connectivity index (χ4v) is 2.29. The van der Waals surface area contributed by atoms with E-state index in [0.717, 1.165) is 5.56 Å². The second-order valence-corrected chi connectivity index (χ2v) is 4.94. The lowest BCUT2D eigenvalue weighted by atomic mass is 10.1. The number of carbonyl (C=O) groups is 1. The first-order valence-electron chi connectivity index (χ1n) is 5.62. The normalized spacial score (nSPS) is 19.3. The minimum atomic E-state index is -0.0941. The van der Waals surface area contributed by atoms with Gasteiger partial charge in [0.05, 0.1) is 11.4 Å². The number of rotatable bonds is 3. The zero-order chi connectivity index (χ0) is 13.0. The number of amidine groups is 1. The lowest BCUT2D eigenvalue weighted by molar-refractivity contribution is -0.115. The lowest BCUT2D eigenvalue weighted by Gasteiger charge is -1.95. The van der Waals surface area contributed by atoms with Crippen LogP contribution in [0.1, 0.15) is 11.1 Å². The van der Waals surface area contributed by atoms with Gasteiger partial charge in [0.25, 0.3) is 5.91 Å². The van der Waals surface area contributed by atoms with Crippen LogP contribution in [0.2, 0.25) is 0 Å². The third kappa shape index (κ3) is 3.11. The van der Waals surface area contributed by atoms with Crippen LogP contribution in [0.15, 0.2) is 46.8 Å². The van der Waals surface area contributed by atoms with Crippen LogP contribution in [-0.2, 0) is 4.79 Å². The van der Waals surface area contributed by atoms with E-state index < -0.39 is 0 Å². The van der Waals surface area contributed by atoms with E-state index in [2.05, 4.69) is 16.9 Å². The van der Waals surface area contributed by atoms with Crippen LogP contribution < -0.4 is 5.32 Å². The molecule has 0 saturated carbocycles. The van der Waals surface area contributed by atoms with E-state index in [4.69, 9.17) is 0 Å². The van der Waals surface area contributed by atoms with Gasteiger partial charge in [-0.1, -0.05) is 35.9 Å². The number of nitrogens with one attached hydrogen (secondary N) is 1. The van der Waals surface area contributed by atoms with Crippen molar-refractivity contribution in [3.8, 4) is 0 Å². The SMILES string of the molecule is C=CCN=C1NC(=O)/C(=C/c2ccc(C)cc2)S1. The van der Waals surface area contributed by atoms with E-state index in [0.29, 0.717) is 16.6 Å². The highest BCUT2D eigenvalue weighted by molar-refractivity contribution is 8.18. The summed E-state index contributed by atoms with van der Waals surface area (Å²) in [6.45, 7) is 6.14. The Balaban J connectivity index is 2.16. The molecular weight excluding hydrogens is 244 g/mol. The third-order valence-corrected chi connectivity index (χ3v) is 3.34. The minimum absolute atomic E-state index is 0.0941. The van der Waals surface area contributed by atoms with Gasteiger partial charge in [-0.25, -0.2) is 0 Å². The Morgan fingerprint density at radius 2 is 2.11 bits per heavy atom. The summed E-state index contributed by atoms with van der Waals surface area (Å²) >= 11 is 1.36. The zero-order valence-electron chi connectivity index (χ0n) is 10.1.